The van der Waals surface area contributed by atoms with Gasteiger partial charge in [0.25, 0.3) is 0 Å². The van der Waals surface area contributed by atoms with Crippen molar-refractivity contribution in [1.82, 2.24) is 9.80 Å². The fraction of sp³-hybridized carbons (Fsp3) is 0.682. The largest absolute Gasteiger partial charge is 0.379 e. The summed E-state index contributed by atoms with van der Waals surface area (Å²) in [6, 6.07) is 3.97. The van der Waals surface area contributed by atoms with Crippen molar-refractivity contribution in [3.63, 3.8) is 0 Å². The average Bonchev–Trinajstić information content (AvgIpc) is 3.19. The lowest BCUT2D eigenvalue weighted by molar-refractivity contribution is -0.138. The van der Waals surface area contributed by atoms with E-state index in [0.29, 0.717) is 19.8 Å². The molecule has 0 aliphatic carbocycles. The second kappa shape index (κ2) is 10.1. The van der Waals surface area contributed by atoms with Crippen molar-refractivity contribution < 1.29 is 27.8 Å². The van der Waals surface area contributed by atoms with Gasteiger partial charge >= 0.3 is 0 Å². The zero-order chi connectivity index (χ0) is 20.9. The van der Waals surface area contributed by atoms with Crippen molar-refractivity contribution in [2.45, 2.75) is 43.9 Å². The molecule has 6 nitrogen and oxygen atoms in total. The molecular weight excluding hydrogens is 394 g/mol. The Labute approximate surface area is 176 Å². The number of hydrogen-bond donors (Lipinski definition) is 0. The van der Waals surface area contributed by atoms with Crippen molar-refractivity contribution in [2.24, 2.45) is 0 Å². The maximum Gasteiger partial charge on any atom is 0.227 e. The summed E-state index contributed by atoms with van der Waals surface area (Å²) in [5.74, 6) is -2.02. The van der Waals surface area contributed by atoms with Crippen LogP contribution in [0.15, 0.2) is 18.2 Å². The van der Waals surface area contributed by atoms with Crippen LogP contribution in [0.4, 0.5) is 8.78 Å². The molecule has 0 radical (unpaired) electrons. The number of ether oxygens (including phenoxy) is 3. The van der Waals surface area contributed by atoms with Gasteiger partial charge in [-0.25, -0.2) is 8.78 Å². The Bertz CT molecular complexity index is 729. The van der Waals surface area contributed by atoms with E-state index in [2.05, 4.69) is 4.90 Å². The van der Waals surface area contributed by atoms with Crippen LogP contribution in [0.5, 0.6) is 0 Å². The van der Waals surface area contributed by atoms with Gasteiger partial charge in [0, 0.05) is 31.7 Å². The normalized spacial score (nSPS) is 27.3. The highest BCUT2D eigenvalue weighted by Crippen LogP contribution is 2.32. The smallest absolute Gasteiger partial charge is 0.227 e. The first kappa shape index (κ1) is 21.6. The zero-order valence-corrected chi connectivity index (χ0v) is 17.2. The Morgan fingerprint density at radius 3 is 2.80 bits per heavy atom. The SMILES string of the molecule is O=C(Cc1cccc(F)c1F)N1CC[C@H]2O[C@@H](COCCN3CCOCC3)CC[C@H]21. The van der Waals surface area contributed by atoms with Gasteiger partial charge in [0.05, 0.1) is 51.1 Å². The first-order valence-electron chi connectivity index (χ1n) is 10.9. The van der Waals surface area contributed by atoms with Crippen LogP contribution in [0.3, 0.4) is 0 Å². The van der Waals surface area contributed by atoms with Crippen LogP contribution in [0, 0.1) is 11.6 Å². The maximum atomic E-state index is 13.9. The lowest BCUT2D eigenvalue weighted by atomic mass is 9.99. The minimum Gasteiger partial charge on any atom is -0.379 e. The number of fused-ring (bicyclic) bond motifs is 1. The Morgan fingerprint density at radius 2 is 1.97 bits per heavy atom. The van der Waals surface area contributed by atoms with Gasteiger partial charge in [-0.2, -0.15) is 0 Å². The van der Waals surface area contributed by atoms with E-state index in [0.717, 1.165) is 58.2 Å². The van der Waals surface area contributed by atoms with Crippen molar-refractivity contribution >= 4 is 5.91 Å². The van der Waals surface area contributed by atoms with Crippen LogP contribution in [0.2, 0.25) is 0 Å². The molecule has 4 rings (SSSR count). The van der Waals surface area contributed by atoms with Crippen LogP contribution in [0.1, 0.15) is 24.8 Å². The van der Waals surface area contributed by atoms with Crippen LogP contribution in [0.25, 0.3) is 0 Å². The molecule has 0 bridgehead atoms. The van der Waals surface area contributed by atoms with Gasteiger partial charge in [-0.3, -0.25) is 9.69 Å². The third kappa shape index (κ3) is 5.17. The topological polar surface area (TPSA) is 51.2 Å². The average molecular weight is 424 g/mol. The molecule has 30 heavy (non-hydrogen) atoms. The van der Waals surface area contributed by atoms with E-state index in [1.807, 2.05) is 0 Å². The fourth-order valence-corrected chi connectivity index (χ4v) is 4.61. The highest BCUT2D eigenvalue weighted by Gasteiger charge is 2.41. The number of carbonyl (C=O) groups is 1. The number of morpholine rings is 1. The molecule has 3 fully saturated rings. The van der Waals surface area contributed by atoms with E-state index in [9.17, 15) is 13.6 Å². The molecule has 3 atom stereocenters. The fourth-order valence-electron chi connectivity index (χ4n) is 4.61. The molecular formula is C22H30F2N2O4. The number of carbonyl (C=O) groups excluding carboxylic acids is 1. The molecule has 3 aliphatic heterocycles. The molecule has 0 N–H and O–H groups in total. The van der Waals surface area contributed by atoms with Gasteiger partial charge in [0.2, 0.25) is 5.91 Å². The molecule has 1 amide bonds. The van der Waals surface area contributed by atoms with Gasteiger partial charge in [-0.05, 0) is 25.3 Å². The number of rotatable bonds is 7. The molecule has 1 aromatic carbocycles. The quantitative estimate of drug-likeness (QED) is 0.627. The molecule has 0 unspecified atom stereocenters. The number of hydrogen-bond acceptors (Lipinski definition) is 5. The van der Waals surface area contributed by atoms with Crippen LogP contribution in [-0.2, 0) is 25.4 Å². The summed E-state index contributed by atoms with van der Waals surface area (Å²) >= 11 is 0. The van der Waals surface area contributed by atoms with Gasteiger partial charge < -0.3 is 19.1 Å². The Morgan fingerprint density at radius 1 is 1.13 bits per heavy atom. The number of amides is 1. The summed E-state index contributed by atoms with van der Waals surface area (Å²) in [4.78, 5) is 16.8. The Kier molecular flexibility index (Phi) is 7.30. The molecule has 0 aromatic heterocycles. The number of halogens is 2. The molecule has 0 saturated carbocycles. The third-order valence-electron chi connectivity index (χ3n) is 6.29. The van der Waals surface area contributed by atoms with Gasteiger partial charge in [-0.15, -0.1) is 0 Å². The number of nitrogens with zero attached hydrogens (tertiary/aromatic N) is 2. The summed E-state index contributed by atoms with van der Waals surface area (Å²) in [5.41, 5.74) is 0.103. The van der Waals surface area contributed by atoms with E-state index < -0.39 is 11.6 Å². The van der Waals surface area contributed by atoms with E-state index >= 15 is 0 Å². The van der Waals surface area contributed by atoms with Crippen LogP contribution in [-0.4, -0.2) is 86.6 Å². The Hall–Kier alpha value is -1.61. The predicted molar refractivity (Wildman–Crippen MR) is 106 cm³/mol. The zero-order valence-electron chi connectivity index (χ0n) is 17.2. The molecule has 3 aliphatic rings. The third-order valence-corrected chi connectivity index (χ3v) is 6.29. The predicted octanol–water partition coefficient (Wildman–Crippen LogP) is 2.00. The second-order valence-corrected chi connectivity index (χ2v) is 8.24. The maximum absolute atomic E-state index is 13.9. The molecule has 0 spiro atoms. The van der Waals surface area contributed by atoms with Gasteiger partial charge in [0.15, 0.2) is 11.6 Å². The summed E-state index contributed by atoms with van der Waals surface area (Å²) < 4.78 is 44.7. The van der Waals surface area contributed by atoms with Gasteiger partial charge in [0.1, 0.15) is 0 Å². The second-order valence-electron chi connectivity index (χ2n) is 8.24. The van der Waals surface area contributed by atoms with Crippen LogP contribution < -0.4 is 0 Å². The molecule has 1 aromatic rings. The highest BCUT2D eigenvalue weighted by atomic mass is 19.2. The number of benzene rings is 1. The van der Waals surface area contributed by atoms with Gasteiger partial charge in [-0.1, -0.05) is 12.1 Å². The lowest BCUT2D eigenvalue weighted by Gasteiger charge is -2.36. The monoisotopic (exact) mass is 424 g/mol. The number of likely N-dealkylation sites (tertiary alicyclic amines) is 1. The molecule has 166 valence electrons. The molecule has 3 heterocycles. The van der Waals surface area contributed by atoms with Crippen molar-refractivity contribution in [1.29, 1.82) is 0 Å². The summed E-state index contributed by atoms with van der Waals surface area (Å²) in [6.07, 6.45) is 2.36. The van der Waals surface area contributed by atoms with Crippen molar-refractivity contribution in [3.8, 4) is 0 Å². The highest BCUT2D eigenvalue weighted by molar-refractivity contribution is 5.79. The first-order chi connectivity index (χ1) is 14.6. The van der Waals surface area contributed by atoms with E-state index in [1.165, 1.54) is 12.1 Å². The minimum atomic E-state index is -0.934. The Balaban J connectivity index is 1.21. The van der Waals surface area contributed by atoms with E-state index in [4.69, 9.17) is 14.2 Å². The standard InChI is InChI=1S/C22H30F2N2O4/c23-18-3-1-2-16(22(18)24)14-21(27)26-7-6-20-19(26)5-4-17(30-20)15-29-13-10-25-8-11-28-12-9-25/h1-3,17,19-20H,4-15H2/t17-,19-,20-/m1/s1. The lowest BCUT2D eigenvalue weighted by Crippen LogP contribution is -2.46. The van der Waals surface area contributed by atoms with Crippen molar-refractivity contribution in [2.75, 3.05) is 52.6 Å². The molecule has 3 saturated heterocycles. The van der Waals surface area contributed by atoms with Crippen LogP contribution >= 0.6 is 0 Å². The minimum absolute atomic E-state index is 0.00657. The molecule has 8 heteroatoms. The van der Waals surface area contributed by atoms with Crippen molar-refractivity contribution in [3.05, 3.63) is 35.4 Å². The first-order valence-corrected chi connectivity index (χ1v) is 10.9. The van der Waals surface area contributed by atoms with E-state index in [1.54, 1.807) is 4.90 Å². The summed E-state index contributed by atoms with van der Waals surface area (Å²) in [7, 11) is 0. The van der Waals surface area contributed by atoms with E-state index in [-0.39, 0.29) is 36.1 Å². The summed E-state index contributed by atoms with van der Waals surface area (Å²) in [5, 5.41) is 0. The summed E-state index contributed by atoms with van der Waals surface area (Å²) in [6.45, 7) is 6.23.